The van der Waals surface area contributed by atoms with Crippen molar-refractivity contribution in [3.63, 3.8) is 0 Å². The van der Waals surface area contributed by atoms with Gasteiger partial charge in [-0.2, -0.15) is 0 Å². The van der Waals surface area contributed by atoms with Gasteiger partial charge in [-0.1, -0.05) is 32.4 Å². The molecule has 0 aliphatic carbocycles. The van der Waals surface area contributed by atoms with Gasteiger partial charge < -0.3 is 14.2 Å². The fraction of sp³-hybridized carbons (Fsp3) is 0.500. The molecule has 0 aromatic heterocycles. The van der Waals surface area contributed by atoms with Crippen LogP contribution in [0.25, 0.3) is 0 Å². The number of thiol groups is 3. The maximum Gasteiger partial charge on any atom is 0.338 e. The molecule has 0 fully saturated rings. The van der Waals surface area contributed by atoms with E-state index in [0.29, 0.717) is 17.3 Å². The average molecular weight is 632 g/mol. The van der Waals surface area contributed by atoms with Crippen molar-refractivity contribution in [2.45, 2.75) is 16.1 Å². The quantitative estimate of drug-likeness (QED) is 0.0741. The number of carbonyl (C=O) groups is 3. The maximum atomic E-state index is 12.5. The third-order valence-electron chi connectivity index (χ3n) is 3.59. The highest BCUT2D eigenvalue weighted by Crippen LogP contribution is 2.18. The van der Waals surface area contributed by atoms with Gasteiger partial charge >= 0.3 is 17.9 Å². The lowest BCUT2D eigenvalue weighted by molar-refractivity contribution is 0.0506. The molecule has 3 atom stereocenters. The summed E-state index contributed by atoms with van der Waals surface area (Å²) < 4.78 is 15.6. The lowest BCUT2D eigenvalue weighted by atomic mass is 10.1. The summed E-state index contributed by atoms with van der Waals surface area (Å²) in [5, 5.41) is -1.36. The van der Waals surface area contributed by atoms with Gasteiger partial charge in [0.05, 0.1) is 32.8 Å². The Morgan fingerprint density at radius 1 is 0.636 bits per heavy atom. The smallest absolute Gasteiger partial charge is 0.338 e. The molecule has 0 saturated carbocycles. The van der Waals surface area contributed by atoms with Crippen molar-refractivity contribution >= 4 is 120 Å². The first-order valence-corrected chi connectivity index (χ1v) is 16.5. The summed E-state index contributed by atoms with van der Waals surface area (Å²) in [6.07, 6.45) is 0. The number of hydrogen-bond donors (Lipinski definition) is 3. The Morgan fingerprint density at radius 2 is 0.879 bits per heavy atom. The van der Waals surface area contributed by atoms with Gasteiger partial charge in [0.25, 0.3) is 0 Å². The number of hydrogen-bond acceptors (Lipinski definition) is 12. The molecular formula is C18H21Cl3O6S6. The van der Waals surface area contributed by atoms with Crippen molar-refractivity contribution in [2.24, 2.45) is 0 Å². The molecule has 0 saturated heterocycles. The lowest BCUT2D eigenvalue weighted by Crippen LogP contribution is -2.20. The van der Waals surface area contributed by atoms with E-state index in [9.17, 15) is 14.4 Å². The summed E-state index contributed by atoms with van der Waals surface area (Å²) in [6.45, 7) is -0.229. The summed E-state index contributed by atoms with van der Waals surface area (Å²) in [6, 6.07) is 3.78. The predicted octanol–water partition coefficient (Wildman–Crippen LogP) is 5.71. The van der Waals surface area contributed by atoms with Crippen LogP contribution in [0, 0.1) is 0 Å². The van der Waals surface area contributed by atoms with Crippen molar-refractivity contribution in [1.29, 1.82) is 0 Å². The van der Waals surface area contributed by atoms with Crippen LogP contribution in [-0.4, -0.2) is 71.1 Å². The van der Waals surface area contributed by atoms with Gasteiger partial charge in [0.15, 0.2) is 0 Å². The summed E-state index contributed by atoms with van der Waals surface area (Å²) in [5.41, 5.74) is -0.124. The fourth-order valence-corrected chi connectivity index (χ4v) is 6.06. The lowest BCUT2D eigenvalue weighted by Gasteiger charge is -2.13. The Kier molecular flexibility index (Phi) is 17.2. The minimum atomic E-state index is -0.767. The minimum Gasteiger partial charge on any atom is -0.460 e. The van der Waals surface area contributed by atoms with Gasteiger partial charge in [0.2, 0.25) is 0 Å². The van der Waals surface area contributed by atoms with E-state index in [4.69, 9.17) is 49.0 Å². The Morgan fingerprint density at radius 3 is 1.09 bits per heavy atom. The predicted molar refractivity (Wildman–Crippen MR) is 151 cm³/mol. The van der Waals surface area contributed by atoms with Gasteiger partial charge in [0, 0.05) is 17.3 Å². The second-order valence-corrected chi connectivity index (χ2v) is 12.2. The summed E-state index contributed by atoms with van der Waals surface area (Å²) >= 11 is 30.1. The van der Waals surface area contributed by atoms with E-state index in [-0.39, 0.29) is 36.5 Å². The van der Waals surface area contributed by atoms with Gasteiger partial charge in [-0.25, -0.2) is 14.4 Å². The molecule has 15 heteroatoms. The molecule has 0 spiro atoms. The molecule has 0 radical (unpaired) electrons. The standard InChI is InChI=1S/C18H21Cl3O6S6/c19-13(7-31-28)4-25-16(22)10-1-11(17(23)26-5-14(20)8-32-29)3-12(2-10)18(24)27-6-15(21)9-33-30/h1-3,13-15,28-30H,4-9H2. The zero-order valence-electron chi connectivity index (χ0n) is 16.9. The first kappa shape index (κ1) is 31.6. The van der Waals surface area contributed by atoms with Crippen molar-refractivity contribution in [2.75, 3.05) is 37.1 Å². The van der Waals surface area contributed by atoms with E-state index < -0.39 is 34.0 Å². The first-order chi connectivity index (χ1) is 15.7. The molecule has 0 aliphatic heterocycles. The topological polar surface area (TPSA) is 78.9 Å². The summed E-state index contributed by atoms with van der Waals surface area (Å²) in [5.74, 6) is -0.937. The number of benzene rings is 1. The van der Waals surface area contributed by atoms with E-state index in [1.807, 2.05) is 0 Å². The number of carbonyl (C=O) groups excluding carboxylic acids is 3. The van der Waals surface area contributed by atoms with Crippen molar-refractivity contribution < 1.29 is 28.6 Å². The highest BCUT2D eigenvalue weighted by Gasteiger charge is 2.21. The van der Waals surface area contributed by atoms with Gasteiger partial charge in [-0.05, 0) is 18.2 Å². The fourth-order valence-electron chi connectivity index (χ4n) is 2.12. The normalized spacial score (nSPS) is 13.6. The minimum absolute atomic E-state index is 0.0412. The summed E-state index contributed by atoms with van der Waals surface area (Å²) in [7, 11) is 3.62. The second-order valence-electron chi connectivity index (χ2n) is 6.27. The molecule has 1 aromatic rings. The largest absolute Gasteiger partial charge is 0.460 e. The number of esters is 3. The highest BCUT2D eigenvalue weighted by atomic mass is 35.5. The average Bonchev–Trinajstić information content (AvgIpc) is 2.79. The molecule has 0 N–H and O–H groups in total. The van der Waals surface area contributed by atoms with E-state index in [2.05, 4.69) is 35.0 Å². The number of alkyl halides is 3. The molecule has 3 unspecified atom stereocenters. The van der Waals surface area contributed by atoms with Crippen molar-refractivity contribution in [3.05, 3.63) is 34.9 Å². The highest BCUT2D eigenvalue weighted by molar-refractivity contribution is 8.69. The molecule has 0 amide bonds. The van der Waals surface area contributed by atoms with Crippen LogP contribution in [0.5, 0.6) is 0 Å². The third kappa shape index (κ3) is 12.9. The van der Waals surface area contributed by atoms with Crippen molar-refractivity contribution in [3.8, 4) is 0 Å². The molecule has 0 heterocycles. The molecule has 0 bridgehead atoms. The third-order valence-corrected chi connectivity index (χ3v) is 7.98. The van der Waals surface area contributed by atoms with Crippen LogP contribution in [0.15, 0.2) is 18.2 Å². The molecule has 1 rings (SSSR count). The van der Waals surface area contributed by atoms with Crippen LogP contribution in [-0.2, 0) is 14.2 Å². The van der Waals surface area contributed by atoms with E-state index in [0.717, 1.165) is 0 Å². The molecule has 0 aliphatic rings. The summed E-state index contributed by atoms with van der Waals surface area (Å²) in [4.78, 5) is 37.6. The van der Waals surface area contributed by atoms with E-state index >= 15 is 0 Å². The molecule has 1 aromatic carbocycles. The molecule has 186 valence electrons. The first-order valence-electron chi connectivity index (χ1n) is 9.09. The zero-order valence-corrected chi connectivity index (χ0v) is 24.3. The van der Waals surface area contributed by atoms with Crippen LogP contribution in [0.1, 0.15) is 31.1 Å². The van der Waals surface area contributed by atoms with Gasteiger partial charge in [0.1, 0.15) is 19.8 Å². The molecule has 6 nitrogen and oxygen atoms in total. The number of rotatable bonds is 15. The monoisotopic (exact) mass is 630 g/mol. The Balaban J connectivity index is 3.04. The molecule has 33 heavy (non-hydrogen) atoms. The second kappa shape index (κ2) is 17.9. The van der Waals surface area contributed by atoms with Crippen LogP contribution in [0.2, 0.25) is 0 Å². The maximum absolute atomic E-state index is 12.5. The van der Waals surface area contributed by atoms with Gasteiger partial charge in [-0.3, -0.25) is 0 Å². The SMILES string of the molecule is O=C(OCC(Cl)CSS)c1cc(C(=O)OCC(Cl)CSS)cc(C(=O)OCC(Cl)CSS)c1. The van der Waals surface area contributed by atoms with Crippen LogP contribution >= 0.6 is 102 Å². The Labute approximate surface area is 235 Å². The van der Waals surface area contributed by atoms with Crippen molar-refractivity contribution in [1.82, 2.24) is 0 Å². The number of halogens is 3. The Hall–Kier alpha value is 0.600. The van der Waals surface area contributed by atoms with E-state index in [1.165, 1.54) is 50.6 Å². The van der Waals surface area contributed by atoms with Crippen LogP contribution < -0.4 is 0 Å². The van der Waals surface area contributed by atoms with Gasteiger partial charge in [-0.15, -0.1) is 69.8 Å². The zero-order chi connectivity index (χ0) is 24.8. The van der Waals surface area contributed by atoms with Crippen LogP contribution in [0.4, 0.5) is 0 Å². The Bertz CT molecular complexity index is 678. The number of ether oxygens (including phenoxy) is 3. The van der Waals surface area contributed by atoms with E-state index in [1.54, 1.807) is 0 Å². The molecular weight excluding hydrogens is 611 g/mol. The van der Waals surface area contributed by atoms with Crippen LogP contribution in [0.3, 0.4) is 0 Å².